The Balaban J connectivity index is 1.42. The highest BCUT2D eigenvalue weighted by atomic mass is 35.5. The summed E-state index contributed by atoms with van der Waals surface area (Å²) in [5, 5.41) is 6.38. The number of halogens is 1. The second-order valence-electron chi connectivity index (χ2n) is 6.38. The Morgan fingerprint density at radius 2 is 1.96 bits per heavy atom. The summed E-state index contributed by atoms with van der Waals surface area (Å²) >= 11 is 5.97. The quantitative estimate of drug-likeness (QED) is 0.884. The van der Waals surface area contributed by atoms with E-state index in [0.29, 0.717) is 34.5 Å². The Morgan fingerprint density at radius 1 is 1.12 bits per heavy atom. The van der Waals surface area contributed by atoms with Crippen LogP contribution in [0.3, 0.4) is 0 Å². The molecule has 1 heterocycles. The van der Waals surface area contributed by atoms with Crippen molar-refractivity contribution in [1.82, 2.24) is 5.32 Å². The summed E-state index contributed by atoms with van der Waals surface area (Å²) in [6.45, 7) is 0. The van der Waals surface area contributed by atoms with Crippen molar-refractivity contribution in [2.75, 3.05) is 5.32 Å². The topological polar surface area (TPSA) is 67.4 Å². The summed E-state index contributed by atoms with van der Waals surface area (Å²) in [4.78, 5) is 24.6. The first-order valence-corrected chi connectivity index (χ1v) is 8.63. The van der Waals surface area contributed by atoms with Gasteiger partial charge in [-0.1, -0.05) is 17.7 Å². The molecule has 1 atom stereocenters. The molecule has 0 spiro atoms. The maximum Gasteiger partial charge on any atom is 0.265 e. The van der Waals surface area contributed by atoms with Gasteiger partial charge in [-0.05, 0) is 54.8 Å². The normalized spacial score (nSPS) is 18.2. The fourth-order valence-electron chi connectivity index (χ4n) is 2.82. The van der Waals surface area contributed by atoms with Gasteiger partial charge >= 0.3 is 0 Å². The van der Waals surface area contributed by atoms with Gasteiger partial charge in [0.15, 0.2) is 6.10 Å². The smallest absolute Gasteiger partial charge is 0.265 e. The number of carbonyl (C=O) groups is 2. The SMILES string of the molecule is O=C(NC1CC1)c1cccc(NC(=O)[C@H]2Cc3cc(Cl)ccc3O2)c1. The average Bonchev–Trinajstić information content (AvgIpc) is 3.30. The number of benzene rings is 2. The van der Waals surface area contributed by atoms with Crippen LogP contribution in [0.25, 0.3) is 0 Å². The zero-order valence-electron chi connectivity index (χ0n) is 13.4. The van der Waals surface area contributed by atoms with Crippen molar-refractivity contribution in [3.63, 3.8) is 0 Å². The lowest BCUT2D eigenvalue weighted by Gasteiger charge is -2.12. The Bertz CT molecular complexity index is 848. The van der Waals surface area contributed by atoms with Gasteiger partial charge in [0, 0.05) is 28.7 Å². The lowest BCUT2D eigenvalue weighted by molar-refractivity contribution is -0.122. The molecule has 1 saturated carbocycles. The average molecular weight is 357 g/mol. The molecule has 2 aliphatic rings. The molecule has 6 heteroatoms. The van der Waals surface area contributed by atoms with Gasteiger partial charge < -0.3 is 15.4 Å². The van der Waals surface area contributed by atoms with Crippen LogP contribution in [0.2, 0.25) is 5.02 Å². The number of amides is 2. The Hall–Kier alpha value is -2.53. The molecule has 1 aliphatic heterocycles. The molecule has 1 aliphatic carbocycles. The van der Waals surface area contributed by atoms with Gasteiger partial charge in [0.2, 0.25) is 0 Å². The van der Waals surface area contributed by atoms with Crippen LogP contribution in [-0.2, 0) is 11.2 Å². The highest BCUT2D eigenvalue weighted by Gasteiger charge is 2.29. The van der Waals surface area contributed by atoms with Crippen LogP contribution in [0.1, 0.15) is 28.8 Å². The van der Waals surface area contributed by atoms with Gasteiger partial charge in [-0.15, -0.1) is 0 Å². The van der Waals surface area contributed by atoms with E-state index < -0.39 is 6.10 Å². The number of fused-ring (bicyclic) bond motifs is 1. The molecule has 128 valence electrons. The van der Waals surface area contributed by atoms with Crippen LogP contribution >= 0.6 is 11.6 Å². The Kier molecular flexibility index (Phi) is 4.09. The summed E-state index contributed by atoms with van der Waals surface area (Å²) in [7, 11) is 0. The first kappa shape index (κ1) is 16.0. The van der Waals surface area contributed by atoms with E-state index in [-0.39, 0.29) is 11.8 Å². The number of hydrogen-bond donors (Lipinski definition) is 2. The van der Waals surface area contributed by atoms with Crippen molar-refractivity contribution in [1.29, 1.82) is 0 Å². The number of carbonyl (C=O) groups excluding carboxylic acids is 2. The summed E-state index contributed by atoms with van der Waals surface area (Å²) in [5.74, 6) is 0.326. The van der Waals surface area contributed by atoms with Crippen LogP contribution in [0.4, 0.5) is 5.69 Å². The lowest BCUT2D eigenvalue weighted by atomic mass is 10.1. The summed E-state index contributed by atoms with van der Waals surface area (Å²) in [6.07, 6.45) is 1.94. The fourth-order valence-corrected chi connectivity index (χ4v) is 3.02. The van der Waals surface area contributed by atoms with E-state index in [0.717, 1.165) is 18.4 Å². The number of ether oxygens (including phenoxy) is 1. The highest BCUT2D eigenvalue weighted by Crippen LogP contribution is 2.31. The van der Waals surface area contributed by atoms with E-state index in [1.54, 1.807) is 36.4 Å². The molecule has 4 rings (SSSR count). The largest absolute Gasteiger partial charge is 0.480 e. The Labute approximate surface area is 150 Å². The molecular formula is C19H17ClN2O3. The van der Waals surface area contributed by atoms with Gasteiger partial charge in [0.1, 0.15) is 5.75 Å². The maximum absolute atomic E-state index is 12.5. The first-order valence-electron chi connectivity index (χ1n) is 8.25. The molecule has 0 aromatic heterocycles. The van der Waals surface area contributed by atoms with Crippen LogP contribution in [0.5, 0.6) is 5.75 Å². The number of nitrogens with one attached hydrogen (secondary N) is 2. The van der Waals surface area contributed by atoms with Gasteiger partial charge in [-0.3, -0.25) is 9.59 Å². The van der Waals surface area contributed by atoms with Gasteiger partial charge in [0.05, 0.1) is 0 Å². The van der Waals surface area contributed by atoms with Crippen LogP contribution in [0, 0.1) is 0 Å². The minimum absolute atomic E-state index is 0.113. The van der Waals surface area contributed by atoms with Gasteiger partial charge in [0.25, 0.3) is 11.8 Å². The zero-order valence-corrected chi connectivity index (χ0v) is 14.2. The molecule has 2 aromatic rings. The second kappa shape index (κ2) is 6.41. The maximum atomic E-state index is 12.5. The van der Waals surface area contributed by atoms with E-state index in [9.17, 15) is 9.59 Å². The molecule has 0 bridgehead atoms. The van der Waals surface area contributed by atoms with E-state index in [1.165, 1.54) is 0 Å². The van der Waals surface area contributed by atoms with Crippen LogP contribution in [0.15, 0.2) is 42.5 Å². The Morgan fingerprint density at radius 3 is 2.76 bits per heavy atom. The van der Waals surface area contributed by atoms with Crippen molar-refractivity contribution in [3.05, 3.63) is 58.6 Å². The molecule has 2 amide bonds. The predicted molar refractivity (Wildman–Crippen MR) is 95.1 cm³/mol. The number of rotatable bonds is 4. The van der Waals surface area contributed by atoms with Crippen LogP contribution < -0.4 is 15.4 Å². The van der Waals surface area contributed by atoms with E-state index in [1.807, 2.05) is 6.07 Å². The second-order valence-corrected chi connectivity index (χ2v) is 6.82. The minimum Gasteiger partial charge on any atom is -0.480 e. The van der Waals surface area contributed by atoms with Crippen molar-refractivity contribution in [3.8, 4) is 5.75 Å². The van der Waals surface area contributed by atoms with Crippen LogP contribution in [-0.4, -0.2) is 24.0 Å². The third-order valence-corrected chi connectivity index (χ3v) is 4.53. The molecule has 0 radical (unpaired) electrons. The number of hydrogen-bond acceptors (Lipinski definition) is 3. The third-order valence-electron chi connectivity index (χ3n) is 4.29. The molecule has 0 saturated heterocycles. The summed E-state index contributed by atoms with van der Waals surface area (Å²) in [6, 6.07) is 12.5. The summed E-state index contributed by atoms with van der Waals surface area (Å²) in [5.41, 5.74) is 2.03. The predicted octanol–water partition coefficient (Wildman–Crippen LogP) is 3.17. The molecule has 1 fully saturated rings. The van der Waals surface area contributed by atoms with E-state index >= 15 is 0 Å². The van der Waals surface area contributed by atoms with E-state index in [2.05, 4.69) is 10.6 Å². The van der Waals surface area contributed by atoms with Crippen molar-refractivity contribution in [2.24, 2.45) is 0 Å². The monoisotopic (exact) mass is 356 g/mol. The van der Waals surface area contributed by atoms with Crippen molar-refractivity contribution in [2.45, 2.75) is 31.4 Å². The van der Waals surface area contributed by atoms with Crippen molar-refractivity contribution >= 4 is 29.1 Å². The number of anilines is 1. The molecule has 5 nitrogen and oxygen atoms in total. The molecular weight excluding hydrogens is 340 g/mol. The molecule has 0 unspecified atom stereocenters. The molecule has 2 N–H and O–H groups in total. The molecule has 2 aromatic carbocycles. The zero-order chi connectivity index (χ0) is 17.4. The van der Waals surface area contributed by atoms with E-state index in [4.69, 9.17) is 16.3 Å². The standard InChI is InChI=1S/C19H17ClN2O3/c20-13-4-7-16-12(8-13)10-17(25-16)19(24)22-15-3-1-2-11(9-15)18(23)21-14-5-6-14/h1-4,7-9,14,17H,5-6,10H2,(H,21,23)(H,22,24)/t17-/m1/s1. The lowest BCUT2D eigenvalue weighted by Crippen LogP contribution is -2.31. The highest BCUT2D eigenvalue weighted by molar-refractivity contribution is 6.30. The summed E-state index contributed by atoms with van der Waals surface area (Å²) < 4.78 is 5.68. The van der Waals surface area contributed by atoms with Gasteiger partial charge in [-0.25, -0.2) is 0 Å². The third kappa shape index (κ3) is 3.61. The molecule has 25 heavy (non-hydrogen) atoms. The van der Waals surface area contributed by atoms with Crippen molar-refractivity contribution < 1.29 is 14.3 Å². The first-order chi connectivity index (χ1) is 12.1. The fraction of sp³-hybridized carbons (Fsp3) is 0.263. The minimum atomic E-state index is -0.600. The van der Waals surface area contributed by atoms with Gasteiger partial charge in [-0.2, -0.15) is 0 Å².